The van der Waals surface area contributed by atoms with Crippen molar-refractivity contribution in [3.63, 3.8) is 0 Å². The number of hydrogen-bond acceptors (Lipinski definition) is 6. The minimum atomic E-state index is -3.62. The highest BCUT2D eigenvalue weighted by Gasteiger charge is 2.17. The maximum absolute atomic E-state index is 12.4. The fourth-order valence-corrected chi connectivity index (χ4v) is 3.50. The van der Waals surface area contributed by atoms with E-state index in [1.807, 2.05) is 0 Å². The molecule has 0 aliphatic rings. The largest absolute Gasteiger partial charge is 0.497 e. The zero-order valence-corrected chi connectivity index (χ0v) is 16.1. The molecule has 0 unspecified atom stereocenters. The smallest absolute Gasteiger partial charge is 0.240 e. The Kier molecular flexibility index (Phi) is 6.70. The Labute approximate surface area is 153 Å². The molecule has 0 amide bonds. The normalized spacial score (nSPS) is 11.1. The van der Waals surface area contributed by atoms with Crippen LogP contribution in [0.4, 0.5) is 0 Å². The zero-order valence-electron chi connectivity index (χ0n) is 15.2. The van der Waals surface area contributed by atoms with Crippen molar-refractivity contribution in [1.29, 1.82) is 0 Å². The Morgan fingerprint density at radius 3 is 1.81 bits per heavy atom. The fraction of sp³-hybridized carbons (Fsp3) is 0.333. The summed E-state index contributed by atoms with van der Waals surface area (Å²) in [4.78, 5) is 0.173. The van der Waals surface area contributed by atoms with Gasteiger partial charge in [-0.05, 0) is 30.7 Å². The van der Waals surface area contributed by atoms with Crippen LogP contribution >= 0.6 is 0 Å². The van der Waals surface area contributed by atoms with Gasteiger partial charge in [-0.3, -0.25) is 0 Å². The van der Waals surface area contributed by atoms with Crippen molar-refractivity contribution >= 4 is 10.0 Å². The summed E-state index contributed by atoms with van der Waals surface area (Å²) >= 11 is 0. The molecule has 2 aromatic carbocycles. The van der Waals surface area contributed by atoms with E-state index in [0.29, 0.717) is 29.4 Å². The first-order chi connectivity index (χ1) is 12.4. The van der Waals surface area contributed by atoms with E-state index >= 15 is 0 Å². The molecule has 0 fully saturated rings. The predicted octanol–water partition coefficient (Wildman–Crippen LogP) is 2.24. The summed E-state index contributed by atoms with van der Waals surface area (Å²) in [7, 11) is 2.54. The number of methoxy groups -OCH3 is 4. The van der Waals surface area contributed by atoms with E-state index in [4.69, 9.17) is 18.9 Å². The molecule has 0 saturated heterocycles. The van der Waals surface area contributed by atoms with Crippen molar-refractivity contribution < 1.29 is 27.4 Å². The third kappa shape index (κ3) is 4.59. The molecule has 0 aliphatic carbocycles. The van der Waals surface area contributed by atoms with Gasteiger partial charge >= 0.3 is 0 Å². The molecular formula is C18H23NO6S. The second kappa shape index (κ2) is 8.77. The van der Waals surface area contributed by atoms with Gasteiger partial charge in [0.1, 0.15) is 23.0 Å². The molecule has 0 aliphatic heterocycles. The number of benzene rings is 2. The molecule has 0 atom stereocenters. The van der Waals surface area contributed by atoms with Crippen LogP contribution in [0.5, 0.6) is 23.0 Å². The fourth-order valence-electron chi connectivity index (χ4n) is 2.47. The number of nitrogens with one attached hydrogen (secondary N) is 1. The quantitative estimate of drug-likeness (QED) is 0.717. The molecule has 7 nitrogen and oxygen atoms in total. The van der Waals surface area contributed by atoms with Gasteiger partial charge in [0.15, 0.2) is 0 Å². The summed E-state index contributed by atoms with van der Waals surface area (Å²) in [6.45, 7) is 0.188. The molecule has 0 spiro atoms. The third-order valence-corrected chi connectivity index (χ3v) is 5.33. The topological polar surface area (TPSA) is 83.1 Å². The van der Waals surface area contributed by atoms with Crippen LogP contribution in [0.15, 0.2) is 41.3 Å². The van der Waals surface area contributed by atoms with Gasteiger partial charge in [-0.1, -0.05) is 0 Å². The van der Waals surface area contributed by atoms with Crippen molar-refractivity contribution in [3.8, 4) is 23.0 Å². The average molecular weight is 381 g/mol. The van der Waals surface area contributed by atoms with Crippen LogP contribution < -0.4 is 23.7 Å². The maximum Gasteiger partial charge on any atom is 0.240 e. The van der Waals surface area contributed by atoms with E-state index in [-0.39, 0.29) is 11.4 Å². The van der Waals surface area contributed by atoms with Crippen LogP contribution in [0.1, 0.15) is 5.56 Å². The second-order valence-corrected chi connectivity index (χ2v) is 7.10. The number of rotatable bonds is 9. The summed E-state index contributed by atoms with van der Waals surface area (Å²) in [5, 5.41) is 0. The molecule has 0 radical (unpaired) electrons. The molecule has 26 heavy (non-hydrogen) atoms. The summed E-state index contributed by atoms with van der Waals surface area (Å²) in [6, 6.07) is 9.66. The van der Waals surface area contributed by atoms with Gasteiger partial charge in [-0.2, -0.15) is 0 Å². The zero-order chi connectivity index (χ0) is 19.2. The maximum atomic E-state index is 12.4. The summed E-state index contributed by atoms with van der Waals surface area (Å²) < 4.78 is 48.4. The van der Waals surface area contributed by atoms with E-state index in [0.717, 1.165) is 5.56 Å². The molecule has 2 rings (SSSR count). The van der Waals surface area contributed by atoms with E-state index < -0.39 is 10.0 Å². The van der Waals surface area contributed by atoms with Gasteiger partial charge in [0.05, 0.1) is 33.3 Å². The van der Waals surface area contributed by atoms with Crippen LogP contribution in [-0.2, 0) is 16.4 Å². The number of sulfonamides is 1. The lowest BCUT2D eigenvalue weighted by Crippen LogP contribution is -2.26. The lowest BCUT2D eigenvalue weighted by molar-refractivity contribution is 0.368. The van der Waals surface area contributed by atoms with Crippen LogP contribution in [0.25, 0.3) is 0 Å². The van der Waals surface area contributed by atoms with Crippen molar-refractivity contribution in [2.75, 3.05) is 35.0 Å². The Hall–Kier alpha value is -2.45. The second-order valence-electron chi connectivity index (χ2n) is 5.33. The molecular weight excluding hydrogens is 358 g/mol. The molecule has 8 heteroatoms. The van der Waals surface area contributed by atoms with Crippen LogP contribution in [0.3, 0.4) is 0 Å². The molecule has 0 bridgehead atoms. The SMILES string of the molecule is COc1ccc(S(=O)(=O)NCCc2c(OC)cc(OC)cc2OC)cc1. The Morgan fingerprint density at radius 1 is 0.808 bits per heavy atom. The first kappa shape index (κ1) is 19.9. The highest BCUT2D eigenvalue weighted by atomic mass is 32.2. The molecule has 0 heterocycles. The van der Waals surface area contributed by atoms with Crippen LogP contribution in [0.2, 0.25) is 0 Å². The van der Waals surface area contributed by atoms with E-state index in [9.17, 15) is 8.42 Å². The molecule has 0 aromatic heterocycles. The van der Waals surface area contributed by atoms with E-state index in [1.54, 1.807) is 45.6 Å². The van der Waals surface area contributed by atoms with E-state index in [1.165, 1.54) is 19.2 Å². The van der Waals surface area contributed by atoms with Crippen molar-refractivity contribution in [3.05, 3.63) is 42.0 Å². The predicted molar refractivity (Wildman–Crippen MR) is 98.0 cm³/mol. The van der Waals surface area contributed by atoms with Crippen LogP contribution in [0, 0.1) is 0 Å². The standard InChI is InChI=1S/C18H23NO6S/c1-22-13-5-7-15(8-6-13)26(20,21)19-10-9-16-17(24-3)11-14(23-2)12-18(16)25-4/h5-8,11-12,19H,9-10H2,1-4H3. The van der Waals surface area contributed by atoms with Gasteiger partial charge in [0.2, 0.25) is 10.0 Å². The monoisotopic (exact) mass is 381 g/mol. The molecule has 2 aromatic rings. The lowest BCUT2D eigenvalue weighted by atomic mass is 10.1. The summed E-state index contributed by atoms with van der Waals surface area (Å²) in [5.74, 6) is 2.34. The lowest BCUT2D eigenvalue weighted by Gasteiger charge is -2.15. The minimum absolute atomic E-state index is 0.173. The van der Waals surface area contributed by atoms with Gasteiger partial charge in [-0.15, -0.1) is 0 Å². The van der Waals surface area contributed by atoms with Gasteiger partial charge < -0.3 is 18.9 Å². The minimum Gasteiger partial charge on any atom is -0.497 e. The van der Waals surface area contributed by atoms with Gasteiger partial charge in [-0.25, -0.2) is 13.1 Å². The van der Waals surface area contributed by atoms with Gasteiger partial charge in [0, 0.05) is 24.2 Å². The first-order valence-corrected chi connectivity index (χ1v) is 9.36. The highest BCUT2D eigenvalue weighted by Crippen LogP contribution is 2.34. The average Bonchev–Trinajstić information content (AvgIpc) is 2.67. The molecule has 1 N–H and O–H groups in total. The van der Waals surface area contributed by atoms with Crippen molar-refractivity contribution in [2.24, 2.45) is 0 Å². The van der Waals surface area contributed by atoms with Gasteiger partial charge in [0.25, 0.3) is 0 Å². The third-order valence-electron chi connectivity index (χ3n) is 3.85. The Morgan fingerprint density at radius 2 is 1.35 bits per heavy atom. The Bertz CT molecular complexity index is 808. The number of ether oxygens (including phenoxy) is 4. The number of hydrogen-bond donors (Lipinski definition) is 1. The summed E-state index contributed by atoms with van der Waals surface area (Å²) in [5.41, 5.74) is 0.758. The van der Waals surface area contributed by atoms with Crippen molar-refractivity contribution in [2.45, 2.75) is 11.3 Å². The van der Waals surface area contributed by atoms with Crippen LogP contribution in [-0.4, -0.2) is 43.4 Å². The molecule has 0 saturated carbocycles. The van der Waals surface area contributed by atoms with E-state index in [2.05, 4.69) is 4.72 Å². The molecule has 142 valence electrons. The first-order valence-electron chi connectivity index (χ1n) is 7.87. The van der Waals surface area contributed by atoms with Crippen molar-refractivity contribution in [1.82, 2.24) is 4.72 Å². The Balaban J connectivity index is 2.13. The highest BCUT2D eigenvalue weighted by molar-refractivity contribution is 7.89. The summed E-state index contributed by atoms with van der Waals surface area (Å²) in [6.07, 6.45) is 0.395.